The smallest absolute Gasteiger partial charge is 0.221 e. The molecule has 1 saturated carbocycles. The summed E-state index contributed by atoms with van der Waals surface area (Å²) in [5.41, 5.74) is 0. The number of nitrogens with one attached hydrogen (secondary N) is 1. The van der Waals surface area contributed by atoms with E-state index < -0.39 is 0 Å². The summed E-state index contributed by atoms with van der Waals surface area (Å²) in [6.45, 7) is 2.18. The Bertz CT molecular complexity index is 149. The quantitative estimate of drug-likeness (QED) is 0.720. The van der Waals surface area contributed by atoms with E-state index in [2.05, 4.69) is 28.2 Å². The van der Waals surface area contributed by atoms with E-state index in [4.69, 9.17) is 0 Å². The molecule has 1 rings (SSSR count). The van der Waals surface area contributed by atoms with E-state index in [9.17, 15) is 4.79 Å². The average molecular weight is 220 g/mol. The van der Waals surface area contributed by atoms with Crippen molar-refractivity contribution in [1.29, 1.82) is 0 Å². The summed E-state index contributed by atoms with van der Waals surface area (Å²) in [6, 6.07) is 0.460. The molecule has 1 aliphatic rings. The number of carbonyl (C=O) groups is 1. The molecule has 0 aromatic carbocycles. The van der Waals surface area contributed by atoms with Crippen molar-refractivity contribution in [3.63, 3.8) is 0 Å². The van der Waals surface area contributed by atoms with E-state index in [-0.39, 0.29) is 5.91 Å². The maximum atomic E-state index is 11.1. The van der Waals surface area contributed by atoms with Gasteiger partial charge in [-0.1, -0.05) is 22.9 Å². The van der Waals surface area contributed by atoms with E-state index in [1.807, 2.05) is 0 Å². The molecule has 3 heteroatoms. The fraction of sp³-hybridized carbons (Fsp3) is 0.875. The first-order valence-electron chi connectivity index (χ1n) is 4.09. The van der Waals surface area contributed by atoms with Crippen molar-refractivity contribution in [2.24, 2.45) is 5.92 Å². The van der Waals surface area contributed by atoms with Gasteiger partial charge in [0.1, 0.15) is 0 Å². The van der Waals surface area contributed by atoms with E-state index in [0.29, 0.717) is 18.4 Å². The van der Waals surface area contributed by atoms with Gasteiger partial charge in [-0.05, 0) is 18.8 Å². The first-order chi connectivity index (χ1) is 5.24. The molecule has 0 bridgehead atoms. The Morgan fingerprint density at radius 2 is 2.36 bits per heavy atom. The Kier molecular flexibility index (Phi) is 3.37. The molecule has 0 aliphatic heterocycles. The van der Waals surface area contributed by atoms with Crippen molar-refractivity contribution < 1.29 is 4.79 Å². The number of halogens is 1. The normalized spacial score (nSPS) is 29.3. The Labute approximate surface area is 75.9 Å². The number of carbonyl (C=O) groups excluding carboxylic acids is 1. The second-order valence-corrected chi connectivity index (χ2v) is 3.96. The number of alkyl halides is 1. The molecule has 2 atom stereocenters. The van der Waals surface area contributed by atoms with Gasteiger partial charge in [-0.2, -0.15) is 0 Å². The third-order valence-corrected chi connectivity index (χ3v) is 2.68. The number of hydrogen-bond acceptors (Lipinski definition) is 1. The van der Waals surface area contributed by atoms with Gasteiger partial charge in [0, 0.05) is 17.8 Å². The van der Waals surface area contributed by atoms with Crippen LogP contribution in [0.2, 0.25) is 0 Å². The highest BCUT2D eigenvalue weighted by Crippen LogP contribution is 2.26. The third-order valence-electron chi connectivity index (χ3n) is 2.29. The summed E-state index contributed by atoms with van der Waals surface area (Å²) < 4.78 is 0. The maximum absolute atomic E-state index is 11.1. The highest BCUT2D eigenvalue weighted by atomic mass is 79.9. The largest absolute Gasteiger partial charge is 0.353 e. The monoisotopic (exact) mass is 219 g/mol. The van der Waals surface area contributed by atoms with Crippen molar-refractivity contribution in [1.82, 2.24) is 5.32 Å². The van der Waals surface area contributed by atoms with Crippen molar-refractivity contribution in [2.45, 2.75) is 32.2 Å². The summed E-state index contributed by atoms with van der Waals surface area (Å²) in [5.74, 6) is 0.868. The molecule has 0 radical (unpaired) electrons. The van der Waals surface area contributed by atoms with Crippen LogP contribution < -0.4 is 5.32 Å². The van der Waals surface area contributed by atoms with Crippen LogP contribution in [-0.2, 0) is 4.79 Å². The minimum atomic E-state index is 0.179. The van der Waals surface area contributed by atoms with Crippen LogP contribution >= 0.6 is 15.9 Å². The van der Waals surface area contributed by atoms with Crippen molar-refractivity contribution in [2.75, 3.05) is 5.33 Å². The molecular weight excluding hydrogens is 206 g/mol. The van der Waals surface area contributed by atoms with E-state index in [0.717, 1.165) is 11.8 Å². The molecule has 1 amide bonds. The van der Waals surface area contributed by atoms with E-state index in [1.54, 1.807) is 0 Å². The number of rotatable bonds is 3. The van der Waals surface area contributed by atoms with Crippen LogP contribution in [0.15, 0.2) is 0 Å². The van der Waals surface area contributed by atoms with Crippen LogP contribution in [0.4, 0.5) is 0 Å². The molecule has 0 spiro atoms. The third kappa shape index (κ3) is 2.47. The van der Waals surface area contributed by atoms with Gasteiger partial charge in [0.2, 0.25) is 5.91 Å². The molecule has 0 aromatic rings. The van der Waals surface area contributed by atoms with Crippen LogP contribution in [0.25, 0.3) is 0 Å². The zero-order chi connectivity index (χ0) is 8.27. The lowest BCUT2D eigenvalue weighted by molar-refractivity contribution is -0.122. The first-order valence-corrected chi connectivity index (χ1v) is 5.21. The average Bonchev–Trinajstić information content (AvgIpc) is 1.98. The highest BCUT2D eigenvalue weighted by molar-refractivity contribution is 9.09. The van der Waals surface area contributed by atoms with Gasteiger partial charge in [0.05, 0.1) is 0 Å². The summed E-state index contributed by atoms with van der Waals surface area (Å²) >= 11 is 3.23. The van der Waals surface area contributed by atoms with E-state index in [1.165, 1.54) is 6.42 Å². The van der Waals surface area contributed by atoms with Gasteiger partial charge in [-0.15, -0.1) is 0 Å². The number of amides is 1. The summed E-state index contributed by atoms with van der Waals surface area (Å²) in [7, 11) is 0. The molecule has 0 heterocycles. The zero-order valence-electron chi connectivity index (χ0n) is 6.77. The zero-order valence-corrected chi connectivity index (χ0v) is 8.36. The Morgan fingerprint density at radius 3 is 2.73 bits per heavy atom. The Balaban J connectivity index is 2.14. The van der Waals surface area contributed by atoms with Gasteiger partial charge in [-0.3, -0.25) is 4.79 Å². The molecule has 1 fully saturated rings. The Morgan fingerprint density at radius 1 is 1.64 bits per heavy atom. The van der Waals surface area contributed by atoms with Crippen LogP contribution in [0.1, 0.15) is 26.2 Å². The summed E-state index contributed by atoms with van der Waals surface area (Å²) in [6.07, 6.45) is 3.03. The number of hydrogen-bond donors (Lipinski definition) is 1. The van der Waals surface area contributed by atoms with Gasteiger partial charge in [0.25, 0.3) is 0 Å². The van der Waals surface area contributed by atoms with Gasteiger partial charge in [0.15, 0.2) is 0 Å². The summed E-state index contributed by atoms with van der Waals surface area (Å²) in [5, 5.41) is 3.76. The molecule has 0 aromatic heterocycles. The molecule has 11 heavy (non-hydrogen) atoms. The standard InChI is InChI=1S/C8H14BrNO/c1-6-2-3-7(6)10-8(11)4-5-9/h6-7H,2-5H2,1H3,(H,10,11)/t6?,7-/m1/s1. The van der Waals surface area contributed by atoms with Gasteiger partial charge >= 0.3 is 0 Å². The Hall–Kier alpha value is -0.0500. The van der Waals surface area contributed by atoms with Crippen LogP contribution in [0, 0.1) is 5.92 Å². The summed E-state index contributed by atoms with van der Waals surface area (Å²) in [4.78, 5) is 11.1. The molecule has 2 nitrogen and oxygen atoms in total. The minimum Gasteiger partial charge on any atom is -0.353 e. The second kappa shape index (κ2) is 4.10. The van der Waals surface area contributed by atoms with Crippen molar-refractivity contribution in [3.05, 3.63) is 0 Å². The lowest BCUT2D eigenvalue weighted by Gasteiger charge is -2.34. The van der Waals surface area contributed by atoms with Crippen molar-refractivity contribution >= 4 is 21.8 Å². The highest BCUT2D eigenvalue weighted by Gasteiger charge is 2.27. The molecule has 0 saturated heterocycles. The van der Waals surface area contributed by atoms with Gasteiger partial charge in [-0.25, -0.2) is 0 Å². The molecule has 1 unspecified atom stereocenters. The second-order valence-electron chi connectivity index (χ2n) is 3.17. The predicted octanol–water partition coefficient (Wildman–Crippen LogP) is 1.69. The lowest BCUT2D eigenvalue weighted by Crippen LogP contribution is -2.45. The topological polar surface area (TPSA) is 29.1 Å². The fourth-order valence-corrected chi connectivity index (χ4v) is 1.61. The molecule has 1 N–H and O–H groups in total. The minimum absolute atomic E-state index is 0.179. The SMILES string of the molecule is CC1CC[C@H]1NC(=O)CCBr. The molecular formula is C8H14BrNO. The molecule has 64 valence electrons. The predicted molar refractivity (Wildman–Crippen MR) is 48.7 cm³/mol. The molecule has 1 aliphatic carbocycles. The maximum Gasteiger partial charge on any atom is 0.221 e. The van der Waals surface area contributed by atoms with Crippen LogP contribution in [0.3, 0.4) is 0 Å². The van der Waals surface area contributed by atoms with E-state index >= 15 is 0 Å². The lowest BCUT2D eigenvalue weighted by atomic mass is 9.81. The van der Waals surface area contributed by atoms with Crippen molar-refractivity contribution in [3.8, 4) is 0 Å². The van der Waals surface area contributed by atoms with Crippen LogP contribution in [-0.4, -0.2) is 17.3 Å². The van der Waals surface area contributed by atoms with Crippen LogP contribution in [0.5, 0.6) is 0 Å². The van der Waals surface area contributed by atoms with Gasteiger partial charge < -0.3 is 5.32 Å². The first kappa shape index (κ1) is 9.04. The fourth-order valence-electron chi connectivity index (χ4n) is 1.25.